The summed E-state index contributed by atoms with van der Waals surface area (Å²) in [6.45, 7) is 25.8. The summed E-state index contributed by atoms with van der Waals surface area (Å²) in [5, 5.41) is 12.5. The molecular weight excluding hydrogens is 532 g/mol. The van der Waals surface area contributed by atoms with E-state index in [0.717, 1.165) is 39.3 Å². The van der Waals surface area contributed by atoms with E-state index in [9.17, 15) is 9.90 Å². The summed E-state index contributed by atoms with van der Waals surface area (Å²) in [6.07, 6.45) is 14.2. The van der Waals surface area contributed by atoms with Crippen LogP contribution in [0.15, 0.2) is 0 Å². The Morgan fingerprint density at radius 1 is 0.619 bits per heavy atom. The van der Waals surface area contributed by atoms with Crippen molar-refractivity contribution in [3.8, 4) is 0 Å². The highest BCUT2D eigenvalue weighted by Gasteiger charge is 2.04. The van der Waals surface area contributed by atoms with Gasteiger partial charge in [-0.2, -0.15) is 9.59 Å². The molecule has 0 fully saturated rings. The number of carbonyl (C=O) groups excluding carboxylic acids is 3. The van der Waals surface area contributed by atoms with E-state index in [0.29, 0.717) is 6.54 Å². The number of nitrogens with two attached hydrogens (primary N) is 1. The Kier molecular flexibility index (Phi) is 49.5. The van der Waals surface area contributed by atoms with E-state index in [1.165, 1.54) is 110 Å². The van der Waals surface area contributed by atoms with E-state index in [-0.39, 0.29) is 6.15 Å². The third-order valence-electron chi connectivity index (χ3n) is 6.58. The van der Waals surface area contributed by atoms with Gasteiger partial charge in [-0.1, -0.05) is 80.1 Å². The molecule has 0 aromatic rings. The molecule has 10 heteroatoms. The van der Waals surface area contributed by atoms with Crippen LogP contribution in [-0.2, 0) is 9.59 Å². The van der Waals surface area contributed by atoms with Crippen LogP contribution in [0, 0.1) is 0 Å². The molecule has 42 heavy (non-hydrogen) atoms. The van der Waals surface area contributed by atoms with Crippen LogP contribution in [0.1, 0.15) is 119 Å². The Bertz CT molecular complexity index is 491. The van der Waals surface area contributed by atoms with Crippen molar-refractivity contribution in [2.75, 3.05) is 78.5 Å². The number of nitrogens with zero attached hydrogens (tertiary/aromatic N) is 3. The number of hydrogen-bond acceptors (Lipinski definition) is 8. The largest absolute Gasteiger partial charge is 0.530 e. The first-order chi connectivity index (χ1) is 20.3. The maximum absolute atomic E-state index is 10.2. The molecule has 0 aliphatic rings. The van der Waals surface area contributed by atoms with Gasteiger partial charge >= 0.3 is 6.15 Å². The Labute approximate surface area is 260 Å². The van der Waals surface area contributed by atoms with Crippen molar-refractivity contribution in [1.29, 1.82) is 0 Å². The van der Waals surface area contributed by atoms with Gasteiger partial charge in [-0.05, 0) is 77.8 Å². The second kappa shape index (κ2) is 43.9. The molecule has 0 unspecified atom stereocenters. The predicted molar refractivity (Wildman–Crippen MR) is 174 cm³/mol. The highest BCUT2D eigenvalue weighted by atomic mass is 16.4. The maximum atomic E-state index is 10.2. The Hall–Kier alpha value is -1.55. The van der Waals surface area contributed by atoms with Crippen molar-refractivity contribution in [2.24, 2.45) is 5.73 Å². The average molecular weight is 605 g/mol. The van der Waals surface area contributed by atoms with E-state index < -0.39 is 6.09 Å². The lowest BCUT2D eigenvalue weighted by molar-refractivity contribution is -0.368. The number of carbonyl (C=O) groups is 1. The van der Waals surface area contributed by atoms with Gasteiger partial charge in [0.1, 0.15) is 6.09 Å². The van der Waals surface area contributed by atoms with Crippen molar-refractivity contribution in [1.82, 2.24) is 20.0 Å². The molecule has 254 valence electrons. The lowest BCUT2D eigenvalue weighted by atomic mass is 10.2. The number of quaternary nitrogens is 1. The number of carboxylic acid groups (broad SMARTS) is 1. The highest BCUT2D eigenvalue weighted by Crippen LogP contribution is 1.99. The van der Waals surface area contributed by atoms with Gasteiger partial charge in [-0.15, -0.1) is 0 Å². The molecular formula is C32H72N6O4. The molecule has 0 saturated carbocycles. The molecule has 0 radical (unpaired) electrons. The summed E-state index contributed by atoms with van der Waals surface area (Å²) in [6, 6.07) is 0. The molecule has 0 spiro atoms. The van der Waals surface area contributed by atoms with Gasteiger partial charge in [0.05, 0.1) is 6.54 Å². The van der Waals surface area contributed by atoms with Crippen LogP contribution in [-0.4, -0.2) is 105 Å². The molecule has 0 aliphatic carbocycles. The first-order valence-corrected chi connectivity index (χ1v) is 16.9. The van der Waals surface area contributed by atoms with Gasteiger partial charge in [0.15, 0.2) is 0 Å². The molecule has 0 saturated heterocycles. The Morgan fingerprint density at radius 2 is 0.905 bits per heavy atom. The minimum absolute atomic E-state index is 0.250. The fourth-order valence-corrected chi connectivity index (χ4v) is 4.02. The topological polar surface area (TPSA) is 150 Å². The van der Waals surface area contributed by atoms with Gasteiger partial charge in [0.25, 0.3) is 0 Å². The van der Waals surface area contributed by atoms with Crippen molar-refractivity contribution in [2.45, 2.75) is 119 Å². The molecule has 0 aromatic heterocycles. The Balaban J connectivity index is -0.000000248. The molecule has 0 aliphatic heterocycles. The molecule has 0 rings (SSSR count). The van der Waals surface area contributed by atoms with Crippen LogP contribution in [0.3, 0.4) is 0 Å². The first-order valence-electron chi connectivity index (χ1n) is 16.9. The third kappa shape index (κ3) is 45.4. The summed E-state index contributed by atoms with van der Waals surface area (Å²) < 4.78 is 0. The average Bonchev–Trinajstić information content (AvgIpc) is 2.98. The van der Waals surface area contributed by atoms with Gasteiger partial charge in [-0.25, -0.2) is 0 Å². The predicted octanol–water partition coefficient (Wildman–Crippen LogP) is 3.22. The van der Waals surface area contributed by atoms with Gasteiger partial charge in [-0.3, -0.25) is 4.90 Å². The van der Waals surface area contributed by atoms with Crippen LogP contribution < -0.4 is 21.9 Å². The van der Waals surface area contributed by atoms with Gasteiger partial charge < -0.3 is 36.5 Å². The number of hydrogen-bond donors (Lipinski definition) is 3. The van der Waals surface area contributed by atoms with Gasteiger partial charge in [0.2, 0.25) is 0 Å². The summed E-state index contributed by atoms with van der Waals surface area (Å²) in [7, 11) is 0. The van der Waals surface area contributed by atoms with Crippen molar-refractivity contribution >= 4 is 12.2 Å². The van der Waals surface area contributed by atoms with E-state index in [1.807, 2.05) is 0 Å². The fraction of sp³-hybridized carbons (Fsp3) is 0.938. The van der Waals surface area contributed by atoms with Crippen molar-refractivity contribution < 1.29 is 25.2 Å². The second-order valence-corrected chi connectivity index (χ2v) is 10.6. The normalized spacial score (nSPS) is 10.3. The smallest absolute Gasteiger partial charge is 0.373 e. The zero-order chi connectivity index (χ0) is 32.7. The maximum Gasteiger partial charge on any atom is 0.373 e. The molecule has 0 heterocycles. The molecule has 0 aromatic carbocycles. The highest BCUT2D eigenvalue weighted by molar-refractivity contribution is 5.61. The summed E-state index contributed by atoms with van der Waals surface area (Å²) >= 11 is 0. The lowest BCUT2D eigenvalue weighted by Gasteiger charge is -2.22. The van der Waals surface area contributed by atoms with Crippen LogP contribution >= 0.6 is 0 Å². The first kappa shape index (κ1) is 47.4. The molecule has 1 amide bonds. The summed E-state index contributed by atoms with van der Waals surface area (Å²) in [4.78, 5) is 33.7. The quantitative estimate of drug-likeness (QED) is 0.144. The van der Waals surface area contributed by atoms with E-state index in [1.54, 1.807) is 0 Å². The van der Waals surface area contributed by atoms with E-state index in [2.05, 4.69) is 67.3 Å². The number of rotatable bonds is 25. The van der Waals surface area contributed by atoms with Crippen molar-refractivity contribution in [3.05, 3.63) is 0 Å². The molecule has 10 nitrogen and oxygen atoms in total. The lowest BCUT2D eigenvalue weighted by Crippen LogP contribution is -2.55. The summed E-state index contributed by atoms with van der Waals surface area (Å²) in [5.41, 5.74) is 9.43. The second-order valence-electron chi connectivity index (χ2n) is 10.6. The summed E-state index contributed by atoms with van der Waals surface area (Å²) in [5.74, 6) is 0. The molecule has 0 atom stereocenters. The minimum Gasteiger partial charge on any atom is -0.530 e. The molecule has 6 N–H and O–H groups in total. The zero-order valence-corrected chi connectivity index (χ0v) is 28.7. The number of amides is 1. The standard InChI is InChI=1S/C11H24N2O2.2C10H24N2.CO2/c1-3-5-8-13(9-6-4-2)10-7-12-11(14)15;2*1-3-5-8-12(10-7-11)9-6-4-2;2-1-3/h12H,3-10H2,1-2H3,(H,14,15);2*3-11H2,1-2H3;. The van der Waals surface area contributed by atoms with E-state index >= 15 is 0 Å². The van der Waals surface area contributed by atoms with E-state index in [4.69, 9.17) is 15.3 Å². The SMILES string of the molecule is CCCCN(CCCC)CCNC(=O)[O-].CCCCN(CCN)CCCC.CCCCN(CC[NH3+])CCCC.O=C=O. The van der Waals surface area contributed by atoms with Crippen LogP contribution in [0.4, 0.5) is 4.79 Å². The van der Waals surface area contributed by atoms with Crippen LogP contribution in [0.5, 0.6) is 0 Å². The van der Waals surface area contributed by atoms with Crippen LogP contribution in [0.2, 0.25) is 0 Å². The van der Waals surface area contributed by atoms with Gasteiger partial charge in [0, 0.05) is 32.7 Å². The molecule has 0 bridgehead atoms. The van der Waals surface area contributed by atoms with Crippen molar-refractivity contribution in [3.63, 3.8) is 0 Å². The minimum atomic E-state index is -1.18. The Morgan fingerprint density at radius 3 is 1.14 bits per heavy atom. The zero-order valence-electron chi connectivity index (χ0n) is 28.7. The monoisotopic (exact) mass is 605 g/mol. The number of nitrogens with one attached hydrogen (secondary N) is 1. The number of unbranched alkanes of at least 4 members (excludes halogenated alkanes) is 6. The van der Waals surface area contributed by atoms with Crippen LogP contribution in [0.25, 0.3) is 0 Å². The third-order valence-corrected chi connectivity index (χ3v) is 6.58. The fourth-order valence-electron chi connectivity index (χ4n) is 4.02.